The maximum absolute atomic E-state index is 12.7. The van der Waals surface area contributed by atoms with Gasteiger partial charge in [0.25, 0.3) is 5.91 Å². The van der Waals surface area contributed by atoms with Crippen LogP contribution in [0.3, 0.4) is 0 Å². The number of rotatable bonds is 5. The highest BCUT2D eigenvalue weighted by molar-refractivity contribution is 6.08. The van der Waals surface area contributed by atoms with E-state index in [4.69, 9.17) is 0 Å². The predicted octanol–water partition coefficient (Wildman–Crippen LogP) is 2.55. The second-order valence-corrected chi connectivity index (χ2v) is 5.47. The van der Waals surface area contributed by atoms with Gasteiger partial charge in [0.05, 0.1) is 11.9 Å². The van der Waals surface area contributed by atoms with Crippen molar-refractivity contribution in [1.29, 1.82) is 0 Å². The van der Waals surface area contributed by atoms with Gasteiger partial charge in [0.2, 0.25) is 5.91 Å². The molecule has 6 nitrogen and oxygen atoms in total. The zero-order chi connectivity index (χ0) is 17.6. The number of nitrogens with zero attached hydrogens (tertiary/aromatic N) is 2. The molecule has 25 heavy (non-hydrogen) atoms. The first-order valence-electron chi connectivity index (χ1n) is 7.86. The molecule has 1 heterocycles. The van der Waals surface area contributed by atoms with Crippen LogP contribution in [0.2, 0.25) is 0 Å². The minimum atomic E-state index is -0.223. The number of nitrogens with one attached hydrogen (secondary N) is 2. The minimum absolute atomic E-state index is 0.104. The second kappa shape index (κ2) is 7.44. The topological polar surface area (TPSA) is 76.0 Å². The van der Waals surface area contributed by atoms with Crippen LogP contribution in [0.1, 0.15) is 10.4 Å². The maximum atomic E-state index is 12.7. The highest BCUT2D eigenvalue weighted by Gasteiger charge is 2.13. The Labute approximate surface area is 145 Å². The third kappa shape index (κ3) is 3.92. The van der Waals surface area contributed by atoms with E-state index >= 15 is 0 Å². The number of benzene rings is 2. The maximum Gasteiger partial charge on any atom is 0.256 e. The molecule has 2 N–H and O–H groups in total. The summed E-state index contributed by atoms with van der Waals surface area (Å²) in [5.41, 5.74) is 2.95. The molecule has 126 valence electrons. The molecule has 0 unspecified atom stereocenters. The van der Waals surface area contributed by atoms with Crippen LogP contribution < -0.4 is 10.6 Å². The molecule has 0 bridgehead atoms. The number of carbonyl (C=O) groups is 2. The molecule has 1 aromatic heterocycles. The van der Waals surface area contributed by atoms with Gasteiger partial charge in [-0.3, -0.25) is 14.3 Å². The molecular formula is C19H18N4O2. The Kier molecular flexibility index (Phi) is 4.89. The molecule has 2 amide bonds. The first kappa shape index (κ1) is 16.4. The van der Waals surface area contributed by atoms with E-state index in [-0.39, 0.29) is 18.4 Å². The van der Waals surface area contributed by atoms with E-state index in [1.165, 1.54) is 10.9 Å². The molecule has 0 aliphatic rings. The summed E-state index contributed by atoms with van der Waals surface area (Å²) in [6.45, 7) is 0.104. The highest BCUT2D eigenvalue weighted by Crippen LogP contribution is 2.24. The largest absolute Gasteiger partial charge is 0.358 e. The Morgan fingerprint density at radius 3 is 2.52 bits per heavy atom. The van der Waals surface area contributed by atoms with Gasteiger partial charge >= 0.3 is 0 Å². The summed E-state index contributed by atoms with van der Waals surface area (Å²) in [6, 6.07) is 17.2. The van der Waals surface area contributed by atoms with Gasteiger partial charge in [-0.15, -0.1) is 0 Å². The van der Waals surface area contributed by atoms with Crippen LogP contribution >= 0.6 is 0 Å². The molecular weight excluding hydrogens is 316 g/mol. The Morgan fingerprint density at radius 1 is 1.04 bits per heavy atom. The average molecular weight is 334 g/mol. The SMILES string of the molecule is CNC(=O)Cn1cc(NC(=O)c2ccccc2-c2ccccc2)cn1. The molecule has 6 heteroatoms. The Bertz CT molecular complexity index is 887. The van der Waals surface area contributed by atoms with Gasteiger partial charge in [0, 0.05) is 18.8 Å². The predicted molar refractivity (Wildman–Crippen MR) is 96.1 cm³/mol. The molecule has 0 atom stereocenters. The first-order valence-corrected chi connectivity index (χ1v) is 7.86. The van der Waals surface area contributed by atoms with Gasteiger partial charge in [-0.2, -0.15) is 5.10 Å². The van der Waals surface area contributed by atoms with Crippen molar-refractivity contribution in [2.45, 2.75) is 6.54 Å². The number of hydrogen-bond acceptors (Lipinski definition) is 3. The van der Waals surface area contributed by atoms with E-state index in [1.807, 2.05) is 48.5 Å². The monoisotopic (exact) mass is 334 g/mol. The zero-order valence-electron chi connectivity index (χ0n) is 13.8. The van der Waals surface area contributed by atoms with E-state index in [1.54, 1.807) is 19.3 Å². The van der Waals surface area contributed by atoms with Gasteiger partial charge in [0.15, 0.2) is 0 Å². The second-order valence-electron chi connectivity index (χ2n) is 5.47. The normalized spacial score (nSPS) is 10.3. The lowest BCUT2D eigenvalue weighted by Gasteiger charge is -2.09. The third-order valence-corrected chi connectivity index (χ3v) is 3.73. The molecule has 0 spiro atoms. The van der Waals surface area contributed by atoms with Crippen molar-refractivity contribution in [2.75, 3.05) is 12.4 Å². The molecule has 0 saturated carbocycles. The van der Waals surface area contributed by atoms with E-state index in [0.29, 0.717) is 11.3 Å². The number of hydrogen-bond donors (Lipinski definition) is 2. The van der Waals surface area contributed by atoms with Gasteiger partial charge < -0.3 is 10.6 Å². The van der Waals surface area contributed by atoms with Crippen LogP contribution in [-0.4, -0.2) is 28.6 Å². The lowest BCUT2D eigenvalue weighted by atomic mass is 9.99. The lowest BCUT2D eigenvalue weighted by molar-refractivity contribution is -0.121. The lowest BCUT2D eigenvalue weighted by Crippen LogP contribution is -2.23. The van der Waals surface area contributed by atoms with Crippen molar-refractivity contribution in [1.82, 2.24) is 15.1 Å². The van der Waals surface area contributed by atoms with Gasteiger partial charge in [0.1, 0.15) is 6.54 Å². The van der Waals surface area contributed by atoms with Crippen molar-refractivity contribution < 1.29 is 9.59 Å². The quantitative estimate of drug-likeness (QED) is 0.753. The molecule has 0 aliphatic carbocycles. The van der Waals surface area contributed by atoms with Crippen LogP contribution in [0.5, 0.6) is 0 Å². The summed E-state index contributed by atoms with van der Waals surface area (Å²) in [7, 11) is 1.56. The van der Waals surface area contributed by atoms with Gasteiger partial charge in [-0.25, -0.2) is 0 Å². The van der Waals surface area contributed by atoms with Crippen LogP contribution in [0.15, 0.2) is 67.0 Å². The Balaban J connectivity index is 1.80. The zero-order valence-corrected chi connectivity index (χ0v) is 13.8. The molecule has 0 radical (unpaired) electrons. The van der Waals surface area contributed by atoms with Crippen molar-refractivity contribution in [3.05, 3.63) is 72.6 Å². The summed E-state index contributed by atoms with van der Waals surface area (Å²) in [5.74, 6) is -0.380. The van der Waals surface area contributed by atoms with Crippen molar-refractivity contribution in [2.24, 2.45) is 0 Å². The van der Waals surface area contributed by atoms with Crippen LogP contribution in [0, 0.1) is 0 Å². The average Bonchev–Trinajstić information content (AvgIpc) is 3.09. The summed E-state index contributed by atoms with van der Waals surface area (Å²) < 4.78 is 1.47. The Hall–Kier alpha value is -3.41. The number of likely N-dealkylation sites (N-methyl/N-ethyl adjacent to an activating group) is 1. The standard InChI is InChI=1S/C19H18N4O2/c1-20-18(24)13-23-12-15(11-21-23)22-19(25)17-10-6-5-9-16(17)14-7-3-2-4-8-14/h2-12H,13H2,1H3,(H,20,24)(H,22,25). The van der Waals surface area contributed by atoms with E-state index in [0.717, 1.165) is 11.1 Å². The van der Waals surface area contributed by atoms with Gasteiger partial charge in [-0.05, 0) is 17.2 Å². The summed E-state index contributed by atoms with van der Waals surface area (Å²) in [4.78, 5) is 24.0. The van der Waals surface area contributed by atoms with Crippen molar-refractivity contribution in [3.8, 4) is 11.1 Å². The minimum Gasteiger partial charge on any atom is -0.358 e. The molecule has 0 saturated heterocycles. The summed E-state index contributed by atoms with van der Waals surface area (Å²) >= 11 is 0. The fourth-order valence-electron chi connectivity index (χ4n) is 2.49. The fourth-order valence-corrected chi connectivity index (χ4v) is 2.49. The molecule has 0 aliphatic heterocycles. The van der Waals surface area contributed by atoms with E-state index in [9.17, 15) is 9.59 Å². The number of anilines is 1. The Morgan fingerprint density at radius 2 is 1.76 bits per heavy atom. The first-order chi connectivity index (χ1) is 12.2. The summed E-state index contributed by atoms with van der Waals surface area (Å²) in [5, 5.41) is 9.43. The fraction of sp³-hybridized carbons (Fsp3) is 0.105. The van der Waals surface area contributed by atoms with Crippen LogP contribution in [0.4, 0.5) is 5.69 Å². The van der Waals surface area contributed by atoms with Crippen molar-refractivity contribution in [3.63, 3.8) is 0 Å². The highest BCUT2D eigenvalue weighted by atomic mass is 16.2. The van der Waals surface area contributed by atoms with Crippen molar-refractivity contribution >= 4 is 17.5 Å². The number of carbonyl (C=O) groups excluding carboxylic acids is 2. The molecule has 2 aromatic carbocycles. The number of amides is 2. The smallest absolute Gasteiger partial charge is 0.256 e. The van der Waals surface area contributed by atoms with E-state index in [2.05, 4.69) is 15.7 Å². The summed E-state index contributed by atoms with van der Waals surface area (Å²) in [6.07, 6.45) is 3.14. The third-order valence-electron chi connectivity index (χ3n) is 3.73. The number of aromatic nitrogens is 2. The van der Waals surface area contributed by atoms with Gasteiger partial charge in [-0.1, -0.05) is 48.5 Å². The van der Waals surface area contributed by atoms with Crippen LogP contribution in [-0.2, 0) is 11.3 Å². The van der Waals surface area contributed by atoms with Crippen LogP contribution in [0.25, 0.3) is 11.1 Å². The molecule has 3 rings (SSSR count). The molecule has 0 fully saturated rings. The molecule has 3 aromatic rings. The van der Waals surface area contributed by atoms with E-state index < -0.39 is 0 Å².